The molecule has 0 aliphatic rings. The molecular formula is C23H28N4O3. The van der Waals surface area contributed by atoms with Crippen molar-refractivity contribution < 1.29 is 14.3 Å². The zero-order valence-corrected chi connectivity index (χ0v) is 17.6. The van der Waals surface area contributed by atoms with Crippen LogP contribution in [-0.4, -0.2) is 34.9 Å². The molecule has 1 heterocycles. The van der Waals surface area contributed by atoms with E-state index in [2.05, 4.69) is 34.4 Å². The van der Waals surface area contributed by atoms with E-state index in [1.807, 2.05) is 31.2 Å². The summed E-state index contributed by atoms with van der Waals surface area (Å²) in [5.74, 6) is 1.21. The van der Waals surface area contributed by atoms with Gasteiger partial charge in [-0.1, -0.05) is 26.0 Å². The Morgan fingerprint density at radius 1 is 1.10 bits per heavy atom. The second-order valence-electron chi connectivity index (χ2n) is 7.53. The van der Waals surface area contributed by atoms with Gasteiger partial charge in [-0.25, -0.2) is 4.98 Å². The van der Waals surface area contributed by atoms with Crippen molar-refractivity contribution in [2.45, 2.75) is 33.2 Å². The monoisotopic (exact) mass is 408 g/mol. The molecule has 3 N–H and O–H groups in total. The predicted octanol–water partition coefficient (Wildman–Crippen LogP) is 3.60. The normalized spacial score (nSPS) is 12.0. The second kappa shape index (κ2) is 9.91. The van der Waals surface area contributed by atoms with E-state index in [-0.39, 0.29) is 24.4 Å². The van der Waals surface area contributed by atoms with Gasteiger partial charge in [0.1, 0.15) is 11.6 Å². The Balaban J connectivity index is 1.60. The molecule has 158 valence electrons. The quantitative estimate of drug-likeness (QED) is 0.504. The predicted molar refractivity (Wildman–Crippen MR) is 116 cm³/mol. The first-order valence-corrected chi connectivity index (χ1v) is 10.2. The van der Waals surface area contributed by atoms with Crippen LogP contribution in [0.2, 0.25) is 0 Å². The van der Waals surface area contributed by atoms with E-state index < -0.39 is 0 Å². The molecule has 30 heavy (non-hydrogen) atoms. The number of nitrogens with one attached hydrogen (secondary N) is 3. The van der Waals surface area contributed by atoms with E-state index in [0.29, 0.717) is 23.8 Å². The number of benzene rings is 2. The van der Waals surface area contributed by atoms with Crippen molar-refractivity contribution in [1.82, 2.24) is 20.6 Å². The van der Waals surface area contributed by atoms with Crippen molar-refractivity contribution in [3.8, 4) is 5.75 Å². The highest BCUT2D eigenvalue weighted by Gasteiger charge is 2.20. The summed E-state index contributed by atoms with van der Waals surface area (Å²) >= 11 is 0. The summed E-state index contributed by atoms with van der Waals surface area (Å²) in [5.41, 5.74) is 2.26. The number of nitrogens with zero attached hydrogens (tertiary/aromatic N) is 1. The van der Waals surface area contributed by atoms with Crippen molar-refractivity contribution in [3.05, 3.63) is 59.9 Å². The Kier molecular flexibility index (Phi) is 7.06. The van der Waals surface area contributed by atoms with Gasteiger partial charge in [0, 0.05) is 5.56 Å². The SMILES string of the molecule is CCOc1ccc(C(=O)NCC(=O)N[C@H](CC(C)C)c2nc3ccccc3[nH]2)cc1. The Morgan fingerprint density at radius 3 is 2.50 bits per heavy atom. The van der Waals surface area contributed by atoms with Gasteiger partial charge in [-0.2, -0.15) is 0 Å². The molecule has 7 heteroatoms. The molecule has 3 aromatic rings. The lowest BCUT2D eigenvalue weighted by Crippen LogP contribution is -2.39. The van der Waals surface area contributed by atoms with E-state index in [1.54, 1.807) is 24.3 Å². The topological polar surface area (TPSA) is 96.1 Å². The molecule has 0 radical (unpaired) electrons. The number of hydrogen-bond donors (Lipinski definition) is 3. The first-order chi connectivity index (χ1) is 14.5. The van der Waals surface area contributed by atoms with Gasteiger partial charge in [-0.05, 0) is 55.7 Å². The Morgan fingerprint density at radius 2 is 1.83 bits per heavy atom. The van der Waals surface area contributed by atoms with Crippen LogP contribution >= 0.6 is 0 Å². The van der Waals surface area contributed by atoms with E-state index in [4.69, 9.17) is 4.74 Å². The van der Waals surface area contributed by atoms with E-state index in [9.17, 15) is 9.59 Å². The molecule has 7 nitrogen and oxygen atoms in total. The van der Waals surface area contributed by atoms with Crippen molar-refractivity contribution >= 4 is 22.8 Å². The second-order valence-corrected chi connectivity index (χ2v) is 7.53. The summed E-state index contributed by atoms with van der Waals surface area (Å²) in [6, 6.07) is 14.3. The summed E-state index contributed by atoms with van der Waals surface area (Å²) in [6.07, 6.45) is 0.735. The van der Waals surface area contributed by atoms with Gasteiger partial charge in [-0.15, -0.1) is 0 Å². The van der Waals surface area contributed by atoms with Crippen molar-refractivity contribution in [2.24, 2.45) is 5.92 Å². The van der Waals surface area contributed by atoms with Gasteiger partial charge in [0.2, 0.25) is 5.91 Å². The summed E-state index contributed by atoms with van der Waals surface area (Å²) < 4.78 is 5.37. The third kappa shape index (κ3) is 5.59. The lowest BCUT2D eigenvalue weighted by atomic mass is 10.0. The maximum atomic E-state index is 12.5. The van der Waals surface area contributed by atoms with Gasteiger partial charge < -0.3 is 20.4 Å². The number of hydrogen-bond acceptors (Lipinski definition) is 4. The number of fused-ring (bicyclic) bond motifs is 1. The minimum atomic E-state index is -0.308. The van der Waals surface area contributed by atoms with E-state index in [0.717, 1.165) is 23.3 Å². The molecule has 1 aromatic heterocycles. The fourth-order valence-electron chi connectivity index (χ4n) is 3.23. The third-order valence-corrected chi connectivity index (χ3v) is 4.62. The fourth-order valence-corrected chi connectivity index (χ4v) is 3.23. The minimum Gasteiger partial charge on any atom is -0.494 e. The zero-order chi connectivity index (χ0) is 21.5. The van der Waals surface area contributed by atoms with Crippen molar-refractivity contribution in [3.63, 3.8) is 0 Å². The van der Waals surface area contributed by atoms with Crippen LogP contribution in [0.3, 0.4) is 0 Å². The van der Waals surface area contributed by atoms with Crippen LogP contribution in [0.15, 0.2) is 48.5 Å². The number of amides is 2. The number of carbonyl (C=O) groups is 2. The maximum absolute atomic E-state index is 12.5. The number of aromatic nitrogens is 2. The fraction of sp³-hybridized carbons (Fsp3) is 0.348. The molecule has 2 aromatic carbocycles. The Hall–Kier alpha value is -3.35. The third-order valence-electron chi connectivity index (χ3n) is 4.62. The number of H-pyrrole nitrogens is 1. The van der Waals surface area contributed by atoms with Crippen LogP contribution in [0.25, 0.3) is 11.0 Å². The largest absolute Gasteiger partial charge is 0.494 e. The number of para-hydroxylation sites is 2. The molecule has 0 saturated carbocycles. The zero-order valence-electron chi connectivity index (χ0n) is 17.6. The molecule has 0 saturated heterocycles. The molecule has 0 fully saturated rings. The maximum Gasteiger partial charge on any atom is 0.251 e. The Bertz CT molecular complexity index is 962. The van der Waals surface area contributed by atoms with Crippen LogP contribution in [-0.2, 0) is 4.79 Å². The summed E-state index contributed by atoms with van der Waals surface area (Å²) in [6.45, 7) is 6.54. The summed E-state index contributed by atoms with van der Waals surface area (Å²) in [5, 5.41) is 5.66. The first kappa shape index (κ1) is 21.4. The van der Waals surface area contributed by atoms with Gasteiger partial charge in [0.25, 0.3) is 5.91 Å². The smallest absolute Gasteiger partial charge is 0.251 e. The Labute approximate surface area is 176 Å². The average Bonchev–Trinajstić information content (AvgIpc) is 3.16. The minimum absolute atomic E-state index is 0.110. The summed E-state index contributed by atoms with van der Waals surface area (Å²) in [7, 11) is 0. The van der Waals surface area contributed by atoms with Crippen molar-refractivity contribution in [1.29, 1.82) is 0 Å². The first-order valence-electron chi connectivity index (χ1n) is 10.2. The molecule has 0 aliphatic carbocycles. The molecule has 3 rings (SSSR count). The van der Waals surface area contributed by atoms with Gasteiger partial charge in [0.05, 0.1) is 30.2 Å². The molecule has 0 aliphatic heterocycles. The summed E-state index contributed by atoms with van der Waals surface area (Å²) in [4.78, 5) is 32.7. The number of carbonyl (C=O) groups excluding carboxylic acids is 2. The standard InChI is InChI=1S/C23H28N4O3/c1-4-30-17-11-9-16(10-12-17)23(29)24-14-21(28)25-20(13-15(2)3)22-26-18-7-5-6-8-19(18)27-22/h5-12,15,20H,4,13-14H2,1-3H3,(H,24,29)(H,25,28)(H,26,27)/t20-/m1/s1. The molecule has 1 atom stereocenters. The molecule has 0 bridgehead atoms. The number of imidazole rings is 1. The lowest BCUT2D eigenvalue weighted by molar-refractivity contribution is -0.121. The number of aromatic amines is 1. The van der Waals surface area contributed by atoms with E-state index >= 15 is 0 Å². The van der Waals surface area contributed by atoms with Gasteiger partial charge in [-0.3, -0.25) is 9.59 Å². The van der Waals surface area contributed by atoms with Gasteiger partial charge in [0.15, 0.2) is 0 Å². The highest BCUT2D eigenvalue weighted by molar-refractivity contribution is 5.96. The number of ether oxygens (including phenoxy) is 1. The van der Waals surface area contributed by atoms with Crippen LogP contribution in [0, 0.1) is 5.92 Å². The number of rotatable bonds is 9. The highest BCUT2D eigenvalue weighted by atomic mass is 16.5. The van der Waals surface area contributed by atoms with E-state index in [1.165, 1.54) is 0 Å². The molecule has 0 spiro atoms. The van der Waals surface area contributed by atoms with Gasteiger partial charge >= 0.3 is 0 Å². The average molecular weight is 409 g/mol. The van der Waals surface area contributed by atoms with Crippen LogP contribution in [0.5, 0.6) is 5.75 Å². The van der Waals surface area contributed by atoms with Crippen LogP contribution in [0.1, 0.15) is 49.4 Å². The lowest BCUT2D eigenvalue weighted by Gasteiger charge is -2.19. The molecular weight excluding hydrogens is 380 g/mol. The van der Waals surface area contributed by atoms with Crippen LogP contribution in [0.4, 0.5) is 0 Å². The highest BCUT2D eigenvalue weighted by Crippen LogP contribution is 2.21. The molecule has 0 unspecified atom stereocenters. The van der Waals surface area contributed by atoms with Crippen LogP contribution < -0.4 is 15.4 Å². The van der Waals surface area contributed by atoms with Crippen molar-refractivity contribution in [2.75, 3.05) is 13.2 Å². The molecule has 2 amide bonds.